The van der Waals surface area contributed by atoms with Crippen LogP contribution in [0.25, 0.3) is 0 Å². The number of ketones is 1. The molecule has 2 atom stereocenters. The molecule has 0 radical (unpaired) electrons. The predicted octanol–water partition coefficient (Wildman–Crippen LogP) is 2.34. The molecule has 4 nitrogen and oxygen atoms in total. The molecule has 8 heteroatoms. The molecule has 1 saturated carbocycles. The molecule has 2 heterocycles. The fourth-order valence-corrected chi connectivity index (χ4v) is 3.31. The van der Waals surface area contributed by atoms with Crippen LogP contribution in [0.2, 0.25) is 0 Å². The van der Waals surface area contributed by atoms with E-state index in [0.717, 1.165) is 6.42 Å². The summed E-state index contributed by atoms with van der Waals surface area (Å²) in [5.74, 6) is -0.439. The van der Waals surface area contributed by atoms with Crippen molar-refractivity contribution in [2.45, 2.75) is 31.7 Å². The Hall–Kier alpha value is -1.15. The third-order valence-corrected chi connectivity index (χ3v) is 4.35. The van der Waals surface area contributed by atoms with Gasteiger partial charge in [0.15, 0.2) is 5.78 Å². The van der Waals surface area contributed by atoms with Crippen LogP contribution in [0, 0.1) is 0 Å². The molecule has 3 rings (SSSR count). The Labute approximate surface area is 111 Å². The minimum absolute atomic E-state index is 0.0788. The van der Waals surface area contributed by atoms with Gasteiger partial charge in [0.25, 0.3) is 0 Å². The van der Waals surface area contributed by atoms with E-state index < -0.39 is 17.0 Å². The van der Waals surface area contributed by atoms with E-state index in [9.17, 15) is 18.0 Å². The van der Waals surface area contributed by atoms with Crippen molar-refractivity contribution in [2.75, 3.05) is 18.1 Å². The van der Waals surface area contributed by atoms with E-state index in [2.05, 4.69) is 4.98 Å². The van der Waals surface area contributed by atoms with Crippen LogP contribution in [0.15, 0.2) is 0 Å². The van der Waals surface area contributed by atoms with E-state index in [0.29, 0.717) is 29.5 Å². The quantitative estimate of drug-likeness (QED) is 0.785. The standard InChI is InChI=1S/C11H11F3N2O2S/c1-5(17)8-9(19-10(15-8)11(12,13)14)16-2-3-18-7-4-6(7)16/h6-7H,2-4H2,1H3/t6-,7+/m0/s1. The Bertz CT molecular complexity index is 529. The zero-order valence-corrected chi connectivity index (χ0v) is 10.8. The van der Waals surface area contributed by atoms with Gasteiger partial charge < -0.3 is 9.64 Å². The summed E-state index contributed by atoms with van der Waals surface area (Å²) in [5.41, 5.74) is -0.0788. The highest BCUT2D eigenvalue weighted by Gasteiger charge is 2.48. The molecule has 1 saturated heterocycles. The summed E-state index contributed by atoms with van der Waals surface area (Å²) >= 11 is 0.545. The van der Waals surface area contributed by atoms with Gasteiger partial charge in [-0.05, 0) is 6.42 Å². The number of halogens is 3. The molecule has 2 fully saturated rings. The number of ether oxygens (including phenoxy) is 1. The number of Topliss-reactive ketones (excluding diaryl/α,β-unsaturated/α-hetero) is 1. The lowest BCUT2D eigenvalue weighted by Crippen LogP contribution is -2.36. The molecule has 0 aromatic carbocycles. The number of thiazole rings is 1. The van der Waals surface area contributed by atoms with E-state index in [1.165, 1.54) is 6.92 Å². The summed E-state index contributed by atoms with van der Waals surface area (Å²) < 4.78 is 43.6. The van der Waals surface area contributed by atoms with Crippen LogP contribution in [0.1, 0.15) is 28.8 Å². The van der Waals surface area contributed by atoms with Crippen LogP contribution in [-0.2, 0) is 10.9 Å². The van der Waals surface area contributed by atoms with Crippen molar-refractivity contribution in [3.63, 3.8) is 0 Å². The molecule has 0 amide bonds. The van der Waals surface area contributed by atoms with E-state index in [1.54, 1.807) is 0 Å². The molecule has 104 valence electrons. The molecule has 0 spiro atoms. The summed E-state index contributed by atoms with van der Waals surface area (Å²) in [5, 5.41) is -0.632. The third-order valence-electron chi connectivity index (χ3n) is 3.21. The van der Waals surface area contributed by atoms with Crippen LogP contribution >= 0.6 is 11.3 Å². The van der Waals surface area contributed by atoms with Crippen molar-refractivity contribution in [1.82, 2.24) is 4.98 Å². The van der Waals surface area contributed by atoms with Crippen molar-refractivity contribution in [1.29, 1.82) is 0 Å². The van der Waals surface area contributed by atoms with Crippen molar-refractivity contribution in [2.24, 2.45) is 0 Å². The Morgan fingerprint density at radius 2 is 2.26 bits per heavy atom. The van der Waals surface area contributed by atoms with Crippen LogP contribution < -0.4 is 4.90 Å². The van der Waals surface area contributed by atoms with E-state index in [1.807, 2.05) is 4.90 Å². The van der Waals surface area contributed by atoms with Crippen LogP contribution in [0.5, 0.6) is 0 Å². The van der Waals surface area contributed by atoms with Crippen molar-refractivity contribution in [3.05, 3.63) is 10.7 Å². The maximum Gasteiger partial charge on any atom is 0.443 e. The lowest BCUT2D eigenvalue weighted by Gasteiger charge is -2.27. The molecular weight excluding hydrogens is 281 g/mol. The van der Waals surface area contributed by atoms with Crippen LogP contribution in [0.4, 0.5) is 18.2 Å². The number of hydrogen-bond acceptors (Lipinski definition) is 5. The number of carbonyl (C=O) groups is 1. The molecule has 0 N–H and O–H groups in total. The second-order valence-electron chi connectivity index (χ2n) is 4.63. The van der Waals surface area contributed by atoms with Gasteiger partial charge in [-0.25, -0.2) is 4.98 Å². The summed E-state index contributed by atoms with van der Waals surface area (Å²) in [6.45, 7) is 2.21. The summed E-state index contributed by atoms with van der Waals surface area (Å²) in [7, 11) is 0. The van der Waals surface area contributed by atoms with Gasteiger partial charge in [-0.3, -0.25) is 4.79 Å². The molecule has 0 unspecified atom stereocenters. The number of rotatable bonds is 2. The predicted molar refractivity (Wildman–Crippen MR) is 62.6 cm³/mol. The third kappa shape index (κ3) is 2.23. The van der Waals surface area contributed by atoms with Crippen molar-refractivity contribution >= 4 is 22.1 Å². The maximum absolute atomic E-state index is 12.7. The normalized spacial score (nSPS) is 26.2. The van der Waals surface area contributed by atoms with Gasteiger partial charge in [0, 0.05) is 13.5 Å². The number of morpholine rings is 1. The molecule has 1 aromatic rings. The molecular formula is C11H11F3N2O2S. The first-order valence-electron chi connectivity index (χ1n) is 5.85. The van der Waals surface area contributed by atoms with Gasteiger partial charge in [-0.15, -0.1) is 0 Å². The number of carbonyl (C=O) groups excluding carboxylic acids is 1. The number of fused-ring (bicyclic) bond motifs is 1. The Balaban J connectivity index is 1.99. The van der Waals surface area contributed by atoms with Gasteiger partial charge in [0.1, 0.15) is 10.7 Å². The van der Waals surface area contributed by atoms with Crippen molar-refractivity contribution in [3.8, 4) is 0 Å². The fourth-order valence-electron chi connectivity index (χ4n) is 2.24. The van der Waals surface area contributed by atoms with Gasteiger partial charge in [0.05, 0.1) is 18.8 Å². The first kappa shape index (κ1) is 12.9. The van der Waals surface area contributed by atoms with E-state index in [-0.39, 0.29) is 17.8 Å². The average Bonchev–Trinajstić information content (AvgIpc) is 2.95. The number of anilines is 1. The number of alkyl halides is 3. The monoisotopic (exact) mass is 292 g/mol. The minimum Gasteiger partial charge on any atom is -0.374 e. The van der Waals surface area contributed by atoms with Crippen LogP contribution in [0.3, 0.4) is 0 Å². The molecule has 19 heavy (non-hydrogen) atoms. The zero-order chi connectivity index (χ0) is 13.8. The van der Waals surface area contributed by atoms with Crippen LogP contribution in [-0.4, -0.2) is 36.1 Å². The molecule has 1 aromatic heterocycles. The average molecular weight is 292 g/mol. The lowest BCUT2D eigenvalue weighted by molar-refractivity contribution is -0.137. The zero-order valence-electron chi connectivity index (χ0n) is 10.0. The highest BCUT2D eigenvalue weighted by molar-refractivity contribution is 7.16. The summed E-state index contributed by atoms with van der Waals surface area (Å²) in [4.78, 5) is 16.8. The smallest absolute Gasteiger partial charge is 0.374 e. The summed E-state index contributed by atoms with van der Waals surface area (Å²) in [6, 6.07) is 0.0911. The van der Waals surface area contributed by atoms with Gasteiger partial charge in [0.2, 0.25) is 5.01 Å². The lowest BCUT2D eigenvalue weighted by atomic mass is 10.3. The first-order chi connectivity index (χ1) is 8.88. The Morgan fingerprint density at radius 3 is 2.89 bits per heavy atom. The first-order valence-corrected chi connectivity index (χ1v) is 6.67. The SMILES string of the molecule is CC(=O)c1nc(C(F)(F)F)sc1N1CCO[C@@H]2C[C@@H]21. The van der Waals surface area contributed by atoms with Gasteiger partial charge in [-0.2, -0.15) is 13.2 Å². The highest BCUT2D eigenvalue weighted by Crippen LogP contribution is 2.44. The molecule has 1 aliphatic heterocycles. The highest BCUT2D eigenvalue weighted by atomic mass is 32.1. The van der Waals surface area contributed by atoms with Gasteiger partial charge in [-0.1, -0.05) is 11.3 Å². The number of nitrogens with zero attached hydrogens (tertiary/aromatic N) is 2. The number of hydrogen-bond donors (Lipinski definition) is 0. The molecule has 2 aliphatic rings. The Morgan fingerprint density at radius 1 is 1.53 bits per heavy atom. The van der Waals surface area contributed by atoms with E-state index >= 15 is 0 Å². The van der Waals surface area contributed by atoms with E-state index in [4.69, 9.17) is 4.74 Å². The summed E-state index contributed by atoms with van der Waals surface area (Å²) in [6.07, 6.45) is -3.62. The molecule has 1 aliphatic carbocycles. The minimum atomic E-state index is -4.51. The van der Waals surface area contributed by atoms with Gasteiger partial charge >= 0.3 is 6.18 Å². The maximum atomic E-state index is 12.7. The topological polar surface area (TPSA) is 42.4 Å². The fraction of sp³-hybridized carbons (Fsp3) is 0.636. The largest absolute Gasteiger partial charge is 0.443 e. The second-order valence-corrected chi connectivity index (χ2v) is 5.61. The second kappa shape index (κ2) is 4.17. The number of aromatic nitrogens is 1. The van der Waals surface area contributed by atoms with Crippen molar-refractivity contribution < 1.29 is 22.7 Å². The molecule has 0 bridgehead atoms. The Kier molecular flexibility index (Phi) is 2.82.